The van der Waals surface area contributed by atoms with Gasteiger partial charge < -0.3 is 24.9 Å². The van der Waals surface area contributed by atoms with Crippen molar-refractivity contribution >= 4 is 38.9 Å². The number of nitrogens with two attached hydrogens (primary N) is 1. The van der Waals surface area contributed by atoms with Crippen molar-refractivity contribution < 1.29 is 18.7 Å². The summed E-state index contributed by atoms with van der Waals surface area (Å²) in [6.45, 7) is 2.67. The first-order chi connectivity index (χ1) is 14.5. The Labute approximate surface area is 176 Å². The summed E-state index contributed by atoms with van der Waals surface area (Å²) in [6, 6.07) is 1.39. The molecule has 2 aromatic heterocycles. The molecule has 0 radical (unpaired) electrons. The van der Waals surface area contributed by atoms with E-state index in [0.717, 1.165) is 24.2 Å². The quantitative estimate of drug-likeness (QED) is 0.376. The van der Waals surface area contributed by atoms with E-state index in [0.29, 0.717) is 35.8 Å². The number of aliphatic imine (C=N–C) groups is 1. The van der Waals surface area contributed by atoms with Gasteiger partial charge in [-0.15, -0.1) is 10.2 Å². The van der Waals surface area contributed by atoms with Gasteiger partial charge in [0.05, 0.1) is 25.5 Å². The molecule has 0 bridgehead atoms. The van der Waals surface area contributed by atoms with Crippen LogP contribution in [0.15, 0.2) is 32.5 Å². The Balaban J connectivity index is 1.69. The third-order valence-corrected chi connectivity index (χ3v) is 4.61. The highest BCUT2D eigenvalue weighted by molar-refractivity contribution is 7.18. The van der Waals surface area contributed by atoms with Gasteiger partial charge >= 0.3 is 5.63 Å². The molecule has 11 nitrogen and oxygen atoms in total. The molecule has 1 fully saturated rings. The molecule has 1 aliphatic carbocycles. The van der Waals surface area contributed by atoms with Crippen LogP contribution in [0.2, 0.25) is 0 Å². The van der Waals surface area contributed by atoms with E-state index >= 15 is 0 Å². The number of allylic oxidation sites excluding steroid dienone is 1. The number of hydrogen-bond acceptors (Lipinski definition) is 11. The van der Waals surface area contributed by atoms with Crippen molar-refractivity contribution in [3.8, 4) is 5.75 Å². The molecule has 3 rings (SSSR count). The predicted molar refractivity (Wildman–Crippen MR) is 113 cm³/mol. The van der Waals surface area contributed by atoms with Crippen LogP contribution in [-0.2, 0) is 4.74 Å². The van der Waals surface area contributed by atoms with E-state index in [9.17, 15) is 9.59 Å². The van der Waals surface area contributed by atoms with Gasteiger partial charge in [-0.1, -0.05) is 11.3 Å². The van der Waals surface area contributed by atoms with Crippen molar-refractivity contribution in [3.63, 3.8) is 0 Å². The molecule has 0 unspecified atom stereocenters. The van der Waals surface area contributed by atoms with Crippen molar-refractivity contribution in [2.24, 2.45) is 10.7 Å². The number of nitrogens with zero attached hydrogens (tertiary/aromatic N) is 3. The molecular weight excluding hydrogens is 412 g/mol. The molecule has 1 aliphatic rings. The van der Waals surface area contributed by atoms with E-state index in [1.54, 1.807) is 13.0 Å². The van der Waals surface area contributed by atoms with Crippen LogP contribution in [0.5, 0.6) is 5.75 Å². The maximum Gasteiger partial charge on any atom is 0.381 e. The van der Waals surface area contributed by atoms with Crippen molar-refractivity contribution in [1.29, 1.82) is 0 Å². The zero-order valence-corrected chi connectivity index (χ0v) is 17.3. The fourth-order valence-electron chi connectivity index (χ4n) is 2.36. The molecule has 1 amide bonds. The molecule has 0 spiro atoms. The van der Waals surface area contributed by atoms with E-state index < -0.39 is 11.5 Å². The first-order valence-corrected chi connectivity index (χ1v) is 9.98. The van der Waals surface area contributed by atoms with Crippen molar-refractivity contribution in [1.82, 2.24) is 10.2 Å². The molecule has 2 aromatic rings. The lowest BCUT2D eigenvalue weighted by molar-refractivity contribution is 0.0991. The number of rotatable bonds is 10. The van der Waals surface area contributed by atoms with Gasteiger partial charge in [-0.2, -0.15) is 0 Å². The van der Waals surface area contributed by atoms with Crippen LogP contribution >= 0.6 is 11.3 Å². The van der Waals surface area contributed by atoms with Crippen molar-refractivity contribution in [2.45, 2.75) is 25.9 Å². The van der Waals surface area contributed by atoms with Gasteiger partial charge in [-0.3, -0.25) is 10.1 Å². The highest BCUT2D eigenvalue weighted by Crippen LogP contribution is 2.26. The number of ether oxygens (including phenoxy) is 2. The van der Waals surface area contributed by atoms with Gasteiger partial charge in [0.25, 0.3) is 5.91 Å². The Morgan fingerprint density at radius 3 is 2.97 bits per heavy atom. The minimum Gasteiger partial charge on any atom is -0.488 e. The molecule has 2 heterocycles. The van der Waals surface area contributed by atoms with E-state index in [4.69, 9.17) is 19.6 Å². The second kappa shape index (κ2) is 9.98. The summed E-state index contributed by atoms with van der Waals surface area (Å²) in [7, 11) is 1.35. The molecule has 0 saturated heterocycles. The summed E-state index contributed by atoms with van der Waals surface area (Å²) in [6.07, 6.45) is 5.44. The lowest BCUT2D eigenvalue weighted by Gasteiger charge is -2.11. The fraction of sp³-hybridized carbons (Fsp3) is 0.389. The molecule has 1 saturated carbocycles. The summed E-state index contributed by atoms with van der Waals surface area (Å²) in [5.41, 5.74) is 5.51. The first kappa shape index (κ1) is 21.5. The van der Waals surface area contributed by atoms with E-state index in [1.165, 1.54) is 19.4 Å². The van der Waals surface area contributed by atoms with Crippen molar-refractivity contribution in [3.05, 3.63) is 34.5 Å². The highest BCUT2D eigenvalue weighted by Gasteiger charge is 2.22. The fourth-order valence-corrected chi connectivity index (χ4v) is 3.03. The number of carbonyl (C=O) groups excluding carboxylic acids is 1. The molecule has 0 atom stereocenters. The predicted octanol–water partition coefficient (Wildman–Crippen LogP) is 1.91. The molecule has 0 aliphatic heterocycles. The largest absolute Gasteiger partial charge is 0.488 e. The van der Waals surface area contributed by atoms with Gasteiger partial charge in [-0.25, -0.2) is 9.79 Å². The number of anilines is 2. The molecule has 160 valence electrons. The third kappa shape index (κ3) is 5.87. The Morgan fingerprint density at radius 1 is 1.47 bits per heavy atom. The maximum absolute atomic E-state index is 12.5. The second-order valence-electron chi connectivity index (χ2n) is 6.30. The van der Waals surface area contributed by atoms with E-state index in [2.05, 4.69) is 25.8 Å². The van der Waals surface area contributed by atoms with Gasteiger partial charge in [0.1, 0.15) is 0 Å². The van der Waals surface area contributed by atoms with Crippen LogP contribution < -0.4 is 26.7 Å². The second-order valence-corrected chi connectivity index (χ2v) is 7.25. The van der Waals surface area contributed by atoms with Gasteiger partial charge in [0, 0.05) is 18.3 Å². The van der Waals surface area contributed by atoms with E-state index in [1.807, 2.05) is 0 Å². The summed E-state index contributed by atoms with van der Waals surface area (Å²) in [5, 5.41) is 13.8. The minimum atomic E-state index is -0.775. The molecule has 12 heteroatoms. The number of aromatic nitrogens is 2. The van der Waals surface area contributed by atoms with Crippen LogP contribution in [0.4, 0.5) is 16.0 Å². The Morgan fingerprint density at radius 2 is 2.27 bits per heavy atom. The summed E-state index contributed by atoms with van der Waals surface area (Å²) in [4.78, 5) is 28.9. The van der Waals surface area contributed by atoms with Crippen LogP contribution in [0.1, 0.15) is 30.3 Å². The van der Waals surface area contributed by atoms with Crippen LogP contribution in [0, 0.1) is 0 Å². The molecule has 0 aromatic carbocycles. The van der Waals surface area contributed by atoms with Crippen LogP contribution in [0.25, 0.3) is 0 Å². The highest BCUT2D eigenvalue weighted by atomic mass is 32.1. The number of methoxy groups -OCH3 is 1. The Hall–Kier alpha value is -3.25. The number of carbonyl (C=O) groups is 1. The molecular formula is C18H22N6O5S. The lowest BCUT2D eigenvalue weighted by atomic mass is 10.3. The van der Waals surface area contributed by atoms with Gasteiger partial charge in [0.2, 0.25) is 16.0 Å². The first-order valence-electron chi connectivity index (χ1n) is 9.16. The monoisotopic (exact) mass is 434 g/mol. The van der Waals surface area contributed by atoms with Gasteiger partial charge in [0.15, 0.2) is 5.76 Å². The van der Waals surface area contributed by atoms with Crippen LogP contribution in [0.3, 0.4) is 0 Å². The zero-order chi connectivity index (χ0) is 21.5. The smallest absolute Gasteiger partial charge is 0.381 e. The summed E-state index contributed by atoms with van der Waals surface area (Å²) in [5.74, 6) is -0.875. The van der Waals surface area contributed by atoms with Gasteiger partial charge in [-0.05, 0) is 32.0 Å². The zero-order valence-electron chi connectivity index (χ0n) is 16.5. The SMILES string of the molecule is COc1c(NCCOC2CC2)cc(C(=O)Nc2nnc(N=C(C)C=CN)s2)oc1=O. The molecule has 30 heavy (non-hydrogen) atoms. The summed E-state index contributed by atoms with van der Waals surface area (Å²) < 4.78 is 15.7. The third-order valence-electron chi connectivity index (χ3n) is 3.88. The Kier molecular flexibility index (Phi) is 7.14. The van der Waals surface area contributed by atoms with E-state index in [-0.39, 0.29) is 16.6 Å². The minimum absolute atomic E-state index is 0.0195. The lowest BCUT2D eigenvalue weighted by Crippen LogP contribution is -2.18. The average Bonchev–Trinajstić information content (AvgIpc) is 3.44. The Bertz CT molecular complexity index is 1010. The van der Waals surface area contributed by atoms with Crippen LogP contribution in [-0.4, -0.2) is 48.2 Å². The number of hydrogen-bond donors (Lipinski definition) is 3. The molecule has 4 N–H and O–H groups in total. The normalized spacial score (nSPS) is 14.1. The maximum atomic E-state index is 12.5. The number of amides is 1. The summed E-state index contributed by atoms with van der Waals surface area (Å²) >= 11 is 1.06. The standard InChI is InChI=1S/C18H22N6O5S/c1-10(5-6-19)21-17-23-24-18(30-17)22-15(25)13-9-12(14(27-2)16(26)29-13)20-7-8-28-11-3-4-11/h5-6,9,11,20H,3-4,7-8,19H2,1-2H3,(H,22,24,25). The van der Waals surface area contributed by atoms with Crippen molar-refractivity contribution in [2.75, 3.05) is 30.9 Å². The average molecular weight is 434 g/mol. The number of nitrogens with one attached hydrogen (secondary N) is 2. The topological polar surface area (TPSA) is 154 Å².